The van der Waals surface area contributed by atoms with Crippen LogP contribution in [0.25, 0.3) is 0 Å². The first-order valence-electron chi connectivity index (χ1n) is 10.3. The van der Waals surface area contributed by atoms with Crippen molar-refractivity contribution in [3.63, 3.8) is 0 Å². The number of para-hydroxylation sites is 1. The second kappa shape index (κ2) is 9.74. The maximum Gasteiger partial charge on any atom is 0.248 e. The highest BCUT2D eigenvalue weighted by atomic mass is 16.5. The number of anilines is 1. The van der Waals surface area contributed by atoms with Gasteiger partial charge in [-0.05, 0) is 51.2 Å². The Hall–Kier alpha value is -2.08. The molecule has 0 bridgehead atoms. The van der Waals surface area contributed by atoms with Gasteiger partial charge in [0.05, 0.1) is 6.10 Å². The number of likely N-dealkylation sites (tertiary alicyclic amines) is 1. The van der Waals surface area contributed by atoms with Gasteiger partial charge < -0.3 is 19.9 Å². The van der Waals surface area contributed by atoms with Crippen LogP contribution in [-0.2, 0) is 16.0 Å². The number of aryl methyl sites for hydroxylation is 1. The summed E-state index contributed by atoms with van der Waals surface area (Å²) in [5.41, 5.74) is 2.30. The maximum atomic E-state index is 12.8. The molecule has 27 heavy (non-hydrogen) atoms. The highest BCUT2D eigenvalue weighted by Gasteiger charge is 2.24. The first-order valence-corrected chi connectivity index (χ1v) is 10.3. The van der Waals surface area contributed by atoms with Crippen LogP contribution in [-0.4, -0.2) is 62.2 Å². The monoisotopic (exact) mass is 372 g/mol. The summed E-state index contributed by atoms with van der Waals surface area (Å²) in [5.74, 6) is 0.910. The number of nitrogens with one attached hydrogen (secondary N) is 1. The van der Waals surface area contributed by atoms with Crippen molar-refractivity contribution in [3.05, 3.63) is 29.8 Å². The molecular weight excluding hydrogens is 340 g/mol. The number of aliphatic imine (C=N–C) groups is 1. The van der Waals surface area contributed by atoms with Gasteiger partial charge in [0.15, 0.2) is 5.96 Å². The van der Waals surface area contributed by atoms with E-state index in [-0.39, 0.29) is 12.5 Å². The molecule has 148 valence electrons. The lowest BCUT2D eigenvalue weighted by Gasteiger charge is -2.34. The number of hydrogen-bond acceptors (Lipinski definition) is 3. The zero-order valence-electron chi connectivity index (χ0n) is 16.6. The Kier molecular flexibility index (Phi) is 7.10. The molecule has 1 aromatic carbocycles. The number of carbonyl (C=O) groups is 1. The number of nitrogens with zero attached hydrogens (tertiary/aromatic N) is 3. The molecule has 0 radical (unpaired) electrons. The Bertz CT molecular complexity index is 653. The van der Waals surface area contributed by atoms with E-state index >= 15 is 0 Å². The zero-order valence-corrected chi connectivity index (χ0v) is 16.6. The summed E-state index contributed by atoms with van der Waals surface area (Å²) in [6.45, 7) is 8.46. The van der Waals surface area contributed by atoms with Crippen LogP contribution in [0.3, 0.4) is 0 Å². The smallest absolute Gasteiger partial charge is 0.248 e. The van der Waals surface area contributed by atoms with Crippen molar-refractivity contribution in [1.29, 1.82) is 0 Å². The van der Waals surface area contributed by atoms with E-state index in [9.17, 15) is 4.79 Å². The van der Waals surface area contributed by atoms with Crippen molar-refractivity contribution in [2.45, 2.75) is 45.6 Å². The Morgan fingerprint density at radius 1 is 1.22 bits per heavy atom. The van der Waals surface area contributed by atoms with E-state index in [0.29, 0.717) is 6.10 Å². The van der Waals surface area contributed by atoms with Gasteiger partial charge in [-0.25, -0.2) is 4.99 Å². The minimum absolute atomic E-state index is 0.0711. The van der Waals surface area contributed by atoms with Gasteiger partial charge in [-0.2, -0.15) is 0 Å². The quantitative estimate of drug-likeness (QED) is 0.637. The van der Waals surface area contributed by atoms with Gasteiger partial charge in [-0.15, -0.1) is 0 Å². The molecule has 0 unspecified atom stereocenters. The molecule has 1 fully saturated rings. The molecule has 1 N–H and O–H groups in total. The average molecular weight is 373 g/mol. The Labute approximate surface area is 162 Å². The molecule has 0 aliphatic carbocycles. The lowest BCUT2D eigenvalue weighted by Crippen LogP contribution is -2.47. The SMILES string of the molecule is CCNC(=NCC(=O)N1CCCc2ccccc21)N1CCC(OCC)CC1. The van der Waals surface area contributed by atoms with E-state index in [0.717, 1.165) is 70.1 Å². The first kappa shape index (κ1) is 19.7. The van der Waals surface area contributed by atoms with Gasteiger partial charge >= 0.3 is 0 Å². The molecule has 2 aliphatic heterocycles. The Morgan fingerprint density at radius 2 is 2.00 bits per heavy atom. The van der Waals surface area contributed by atoms with E-state index in [1.807, 2.05) is 30.0 Å². The first-order chi connectivity index (χ1) is 13.2. The Balaban J connectivity index is 1.63. The third kappa shape index (κ3) is 5.01. The number of ether oxygens (including phenoxy) is 1. The summed E-state index contributed by atoms with van der Waals surface area (Å²) in [6.07, 6.45) is 4.41. The molecule has 0 atom stereocenters. The van der Waals surface area contributed by atoms with E-state index in [1.165, 1.54) is 5.56 Å². The molecule has 0 spiro atoms. The number of guanidine groups is 1. The van der Waals surface area contributed by atoms with Crippen molar-refractivity contribution in [3.8, 4) is 0 Å². The highest BCUT2D eigenvalue weighted by Crippen LogP contribution is 2.26. The van der Waals surface area contributed by atoms with Crippen LogP contribution in [0, 0.1) is 0 Å². The van der Waals surface area contributed by atoms with E-state index < -0.39 is 0 Å². The summed E-state index contributed by atoms with van der Waals surface area (Å²) in [6, 6.07) is 8.20. The molecule has 6 nitrogen and oxygen atoms in total. The van der Waals surface area contributed by atoms with Crippen molar-refractivity contribution in [1.82, 2.24) is 10.2 Å². The van der Waals surface area contributed by atoms with Crippen LogP contribution in [0.1, 0.15) is 38.7 Å². The van der Waals surface area contributed by atoms with Crippen LogP contribution in [0.4, 0.5) is 5.69 Å². The Morgan fingerprint density at radius 3 is 2.74 bits per heavy atom. The predicted molar refractivity (Wildman–Crippen MR) is 109 cm³/mol. The van der Waals surface area contributed by atoms with Crippen molar-refractivity contribution < 1.29 is 9.53 Å². The van der Waals surface area contributed by atoms with Crippen LogP contribution in [0.5, 0.6) is 0 Å². The van der Waals surface area contributed by atoms with Gasteiger partial charge in [-0.1, -0.05) is 18.2 Å². The highest BCUT2D eigenvalue weighted by molar-refractivity contribution is 5.97. The molecule has 2 aliphatic rings. The molecule has 1 amide bonds. The summed E-state index contributed by atoms with van der Waals surface area (Å²) in [5, 5.41) is 3.34. The number of fused-ring (bicyclic) bond motifs is 1. The van der Waals surface area contributed by atoms with E-state index in [4.69, 9.17) is 4.74 Å². The third-order valence-corrected chi connectivity index (χ3v) is 5.25. The summed E-state index contributed by atoms with van der Waals surface area (Å²) in [7, 11) is 0. The van der Waals surface area contributed by atoms with Crippen molar-refractivity contribution in [2.75, 3.05) is 44.2 Å². The second-order valence-electron chi connectivity index (χ2n) is 7.09. The number of benzene rings is 1. The van der Waals surface area contributed by atoms with Crippen LogP contribution < -0.4 is 10.2 Å². The maximum absolute atomic E-state index is 12.8. The number of hydrogen-bond donors (Lipinski definition) is 1. The van der Waals surface area contributed by atoms with Crippen molar-refractivity contribution in [2.24, 2.45) is 4.99 Å². The van der Waals surface area contributed by atoms with Gasteiger partial charge in [-0.3, -0.25) is 4.79 Å². The van der Waals surface area contributed by atoms with Crippen LogP contribution in [0.2, 0.25) is 0 Å². The fourth-order valence-corrected chi connectivity index (χ4v) is 3.92. The number of rotatable bonds is 5. The van der Waals surface area contributed by atoms with E-state index in [2.05, 4.69) is 28.2 Å². The second-order valence-corrected chi connectivity index (χ2v) is 7.09. The van der Waals surface area contributed by atoms with Crippen LogP contribution >= 0.6 is 0 Å². The predicted octanol–water partition coefficient (Wildman–Crippen LogP) is 2.43. The summed E-state index contributed by atoms with van der Waals surface area (Å²) >= 11 is 0. The lowest BCUT2D eigenvalue weighted by molar-refractivity contribution is -0.117. The molecule has 1 saturated heterocycles. The molecule has 1 aromatic rings. The topological polar surface area (TPSA) is 57.2 Å². The lowest BCUT2D eigenvalue weighted by atomic mass is 10.0. The summed E-state index contributed by atoms with van der Waals surface area (Å²) in [4.78, 5) is 21.6. The minimum atomic E-state index is 0.0711. The molecule has 0 saturated carbocycles. The zero-order chi connectivity index (χ0) is 19.1. The molecule has 6 heteroatoms. The van der Waals surface area contributed by atoms with Crippen molar-refractivity contribution >= 4 is 17.6 Å². The van der Waals surface area contributed by atoms with Gasteiger partial charge in [0, 0.05) is 38.5 Å². The van der Waals surface area contributed by atoms with Gasteiger partial charge in [0.1, 0.15) is 6.54 Å². The normalized spacial score (nSPS) is 18.4. The standard InChI is InChI=1S/C21H32N4O2/c1-3-22-21(24-14-11-18(12-15-24)27-4-2)23-16-20(26)25-13-7-9-17-8-5-6-10-19(17)25/h5-6,8,10,18H,3-4,7,9,11-16H2,1-2H3,(H,22,23). The number of amides is 1. The third-order valence-electron chi connectivity index (χ3n) is 5.25. The summed E-state index contributed by atoms with van der Waals surface area (Å²) < 4.78 is 5.73. The number of piperidine rings is 1. The van der Waals surface area contributed by atoms with Gasteiger partial charge in [0.25, 0.3) is 0 Å². The fraction of sp³-hybridized carbons (Fsp3) is 0.619. The van der Waals surface area contributed by atoms with E-state index in [1.54, 1.807) is 0 Å². The molecule has 3 rings (SSSR count). The fourth-order valence-electron chi connectivity index (χ4n) is 3.92. The average Bonchev–Trinajstić information content (AvgIpc) is 2.71. The molecule has 2 heterocycles. The van der Waals surface area contributed by atoms with Crippen LogP contribution in [0.15, 0.2) is 29.3 Å². The molecular formula is C21H32N4O2. The molecule has 0 aromatic heterocycles. The number of carbonyl (C=O) groups excluding carboxylic acids is 1. The largest absolute Gasteiger partial charge is 0.378 e. The van der Waals surface area contributed by atoms with Gasteiger partial charge in [0.2, 0.25) is 5.91 Å². The minimum Gasteiger partial charge on any atom is -0.378 e.